The average molecular weight is 566 g/mol. The molecule has 2 fully saturated rings. The number of likely N-dealkylation sites (tertiary alicyclic amines) is 1. The van der Waals surface area contributed by atoms with Crippen molar-refractivity contribution in [2.75, 3.05) is 56.2 Å². The number of benzene rings is 2. The molecule has 1 aromatic heterocycles. The molecule has 3 aromatic rings. The minimum atomic E-state index is -0.231. The topological polar surface area (TPSA) is 88.8 Å². The van der Waals surface area contributed by atoms with Crippen LogP contribution in [0, 0.1) is 11.3 Å². The van der Waals surface area contributed by atoms with Crippen molar-refractivity contribution in [3.63, 3.8) is 0 Å². The summed E-state index contributed by atoms with van der Waals surface area (Å²) in [6.45, 7) is 10.4. The molecule has 6 rings (SSSR count). The maximum Gasteiger partial charge on any atom is 0.318 e. The van der Waals surface area contributed by atoms with Crippen LogP contribution in [0.15, 0.2) is 54.6 Å². The van der Waals surface area contributed by atoms with E-state index in [0.29, 0.717) is 50.4 Å². The van der Waals surface area contributed by atoms with Gasteiger partial charge in [0.2, 0.25) is 5.91 Å². The number of nitriles is 1. The number of hydrogen-bond donors (Lipinski definition) is 0. The Kier molecular flexibility index (Phi) is 7.98. The quantitative estimate of drug-likeness (QED) is 0.395. The van der Waals surface area contributed by atoms with E-state index >= 15 is 0 Å². The predicted molar refractivity (Wildman–Crippen MR) is 165 cm³/mol. The van der Waals surface area contributed by atoms with Crippen LogP contribution in [-0.2, 0) is 17.8 Å². The monoisotopic (exact) mass is 565 g/mol. The molecule has 3 aliphatic rings. The number of nitrogens with zero attached hydrogens (tertiary/aromatic N) is 7. The highest BCUT2D eigenvalue weighted by Gasteiger charge is 2.34. The lowest BCUT2D eigenvalue weighted by molar-refractivity contribution is -0.129. The molecule has 0 aliphatic carbocycles. The molecule has 218 valence electrons. The third-order valence-corrected chi connectivity index (χ3v) is 8.94. The fourth-order valence-corrected chi connectivity index (χ4v) is 6.61. The van der Waals surface area contributed by atoms with Crippen molar-refractivity contribution in [2.45, 2.75) is 51.2 Å². The van der Waals surface area contributed by atoms with Gasteiger partial charge in [-0.05, 0) is 51.2 Å². The van der Waals surface area contributed by atoms with Crippen molar-refractivity contribution >= 4 is 28.2 Å². The Morgan fingerprint density at radius 3 is 2.69 bits per heavy atom. The number of anilines is 2. The van der Waals surface area contributed by atoms with Gasteiger partial charge in [0.25, 0.3) is 0 Å². The molecule has 2 aromatic carbocycles. The second kappa shape index (κ2) is 12.0. The van der Waals surface area contributed by atoms with Crippen molar-refractivity contribution in [1.29, 1.82) is 5.26 Å². The number of aromatic nitrogens is 2. The van der Waals surface area contributed by atoms with Gasteiger partial charge in [-0.1, -0.05) is 43.0 Å². The number of carbonyl (C=O) groups excluding carboxylic acids is 1. The number of likely N-dealkylation sites (N-methyl/N-ethyl adjacent to an activating group) is 1. The lowest BCUT2D eigenvalue weighted by atomic mass is 10.0. The van der Waals surface area contributed by atoms with Crippen LogP contribution >= 0.6 is 0 Å². The van der Waals surface area contributed by atoms with Crippen LogP contribution in [-0.4, -0.2) is 84.1 Å². The van der Waals surface area contributed by atoms with Crippen LogP contribution in [0.4, 0.5) is 11.5 Å². The highest BCUT2D eigenvalue weighted by molar-refractivity contribution is 5.94. The number of rotatable bonds is 7. The Hall–Kier alpha value is -4.16. The van der Waals surface area contributed by atoms with Crippen molar-refractivity contribution in [1.82, 2.24) is 19.8 Å². The standard InChI is InChI=1S/C33H39N7O2/c1-23(2)32(41)40-19-18-39(20-25(40)13-15-34)31-28-14-17-38(30-12-6-9-24-8-4-5-11-27(24)30)21-29(28)35-33(36-31)42-22-26-10-7-16-37(26)3/h4-6,8-9,11-12,25-26H,1,7,10,13-14,16-22H2,2-3H3/t25?,26-/m0/s1. The first-order chi connectivity index (χ1) is 20.4. The lowest BCUT2D eigenvalue weighted by Crippen LogP contribution is -2.56. The second-order valence-electron chi connectivity index (χ2n) is 11.8. The van der Waals surface area contributed by atoms with E-state index in [4.69, 9.17) is 14.7 Å². The molecule has 0 spiro atoms. The van der Waals surface area contributed by atoms with E-state index in [9.17, 15) is 10.1 Å². The van der Waals surface area contributed by atoms with Crippen LogP contribution in [0.25, 0.3) is 10.8 Å². The first kappa shape index (κ1) is 28.0. The zero-order valence-electron chi connectivity index (χ0n) is 24.6. The van der Waals surface area contributed by atoms with Gasteiger partial charge >= 0.3 is 6.01 Å². The van der Waals surface area contributed by atoms with Gasteiger partial charge in [0.05, 0.1) is 30.8 Å². The minimum Gasteiger partial charge on any atom is -0.462 e. The zero-order chi connectivity index (χ0) is 29.2. The molecular weight excluding hydrogens is 526 g/mol. The minimum absolute atomic E-state index is 0.0879. The van der Waals surface area contributed by atoms with Gasteiger partial charge in [-0.15, -0.1) is 0 Å². The second-order valence-corrected chi connectivity index (χ2v) is 11.8. The third-order valence-electron chi connectivity index (χ3n) is 8.94. The number of fused-ring (bicyclic) bond motifs is 2. The van der Waals surface area contributed by atoms with E-state index in [0.717, 1.165) is 43.0 Å². The number of hydrogen-bond acceptors (Lipinski definition) is 8. The van der Waals surface area contributed by atoms with Gasteiger partial charge in [-0.25, -0.2) is 0 Å². The van der Waals surface area contributed by atoms with Gasteiger partial charge < -0.3 is 24.3 Å². The number of carbonyl (C=O) groups is 1. The largest absolute Gasteiger partial charge is 0.462 e. The Morgan fingerprint density at radius 2 is 1.90 bits per heavy atom. The summed E-state index contributed by atoms with van der Waals surface area (Å²) in [5, 5.41) is 12.0. The molecule has 9 nitrogen and oxygen atoms in total. The Balaban J connectivity index is 1.32. The molecule has 1 amide bonds. The van der Waals surface area contributed by atoms with E-state index in [1.807, 2.05) is 0 Å². The molecule has 3 aliphatic heterocycles. The normalized spacial score (nSPS) is 20.8. The summed E-state index contributed by atoms with van der Waals surface area (Å²) in [6, 6.07) is 17.8. The van der Waals surface area contributed by atoms with Crippen molar-refractivity contribution < 1.29 is 9.53 Å². The van der Waals surface area contributed by atoms with Crippen LogP contribution in [0.5, 0.6) is 6.01 Å². The number of ether oxygens (including phenoxy) is 1. The van der Waals surface area contributed by atoms with Crippen LogP contribution in [0.2, 0.25) is 0 Å². The van der Waals surface area contributed by atoms with Gasteiger partial charge in [-0.3, -0.25) is 4.79 Å². The lowest BCUT2D eigenvalue weighted by Gasteiger charge is -2.42. The molecule has 0 bridgehead atoms. The molecule has 9 heteroatoms. The number of piperazine rings is 1. The Bertz CT molecular complexity index is 1530. The smallest absolute Gasteiger partial charge is 0.318 e. The molecule has 4 heterocycles. The number of amides is 1. The van der Waals surface area contributed by atoms with Gasteiger partial charge in [0.1, 0.15) is 12.4 Å². The van der Waals surface area contributed by atoms with E-state index in [1.54, 1.807) is 11.8 Å². The molecular formula is C33H39N7O2. The summed E-state index contributed by atoms with van der Waals surface area (Å²) in [4.78, 5) is 31.6. The summed E-state index contributed by atoms with van der Waals surface area (Å²) in [7, 11) is 2.14. The summed E-state index contributed by atoms with van der Waals surface area (Å²) in [5.41, 5.74) is 3.81. The summed E-state index contributed by atoms with van der Waals surface area (Å²) >= 11 is 0. The Morgan fingerprint density at radius 1 is 1.07 bits per heavy atom. The summed E-state index contributed by atoms with van der Waals surface area (Å²) in [5.74, 6) is 0.785. The molecule has 42 heavy (non-hydrogen) atoms. The third kappa shape index (κ3) is 5.51. The highest BCUT2D eigenvalue weighted by Crippen LogP contribution is 2.35. The molecule has 0 radical (unpaired) electrons. The van der Waals surface area contributed by atoms with Gasteiger partial charge in [-0.2, -0.15) is 15.2 Å². The van der Waals surface area contributed by atoms with Crippen LogP contribution in [0.1, 0.15) is 37.4 Å². The SMILES string of the molecule is C=C(C)C(=O)N1CCN(c2nc(OC[C@@H]3CCCN3C)nc3c2CCN(c2cccc4ccccc24)C3)CC1CC#N. The van der Waals surface area contributed by atoms with E-state index < -0.39 is 0 Å². The molecule has 0 saturated carbocycles. The fraction of sp³-hybridized carbons (Fsp3) is 0.455. The van der Waals surface area contributed by atoms with Crippen molar-refractivity contribution in [3.8, 4) is 12.1 Å². The van der Waals surface area contributed by atoms with Crippen LogP contribution < -0.4 is 14.5 Å². The van der Waals surface area contributed by atoms with Crippen molar-refractivity contribution in [3.05, 3.63) is 65.9 Å². The molecule has 1 unspecified atom stereocenters. The highest BCUT2D eigenvalue weighted by atomic mass is 16.5. The molecule has 2 atom stereocenters. The molecule has 0 N–H and O–H groups in total. The first-order valence-corrected chi connectivity index (χ1v) is 15.0. The van der Waals surface area contributed by atoms with Crippen LogP contribution in [0.3, 0.4) is 0 Å². The van der Waals surface area contributed by atoms with E-state index in [2.05, 4.69) is 76.9 Å². The van der Waals surface area contributed by atoms with E-state index in [-0.39, 0.29) is 18.4 Å². The summed E-state index contributed by atoms with van der Waals surface area (Å²) in [6.07, 6.45) is 3.34. The van der Waals surface area contributed by atoms with Gasteiger partial charge in [0, 0.05) is 54.4 Å². The average Bonchev–Trinajstić information content (AvgIpc) is 3.43. The molecule has 2 saturated heterocycles. The maximum atomic E-state index is 12.9. The summed E-state index contributed by atoms with van der Waals surface area (Å²) < 4.78 is 6.30. The fourth-order valence-electron chi connectivity index (χ4n) is 6.61. The Labute approximate surface area is 248 Å². The van der Waals surface area contributed by atoms with Gasteiger partial charge in [0.15, 0.2) is 0 Å². The first-order valence-electron chi connectivity index (χ1n) is 15.0. The maximum absolute atomic E-state index is 12.9. The zero-order valence-corrected chi connectivity index (χ0v) is 24.6. The van der Waals surface area contributed by atoms with Crippen molar-refractivity contribution in [2.24, 2.45) is 0 Å². The van der Waals surface area contributed by atoms with E-state index in [1.165, 1.54) is 22.9 Å². The predicted octanol–water partition coefficient (Wildman–Crippen LogP) is 4.17.